The van der Waals surface area contributed by atoms with Gasteiger partial charge >= 0.3 is 5.91 Å². The molecule has 1 N–H and O–H groups in total. The van der Waals surface area contributed by atoms with Crippen molar-refractivity contribution in [2.24, 2.45) is 0 Å². The monoisotopic (exact) mass is 385 g/mol. The molecular weight excluding hydrogens is 358 g/mol. The first-order chi connectivity index (χ1) is 13.4. The normalized spacial score (nSPS) is 23.0. The number of hydrogen-bond donors (Lipinski definition) is 1. The van der Waals surface area contributed by atoms with Crippen LogP contribution in [-0.2, 0) is 5.41 Å². The van der Waals surface area contributed by atoms with Crippen molar-refractivity contribution in [3.8, 4) is 0 Å². The topological polar surface area (TPSA) is 29.1 Å². The molecule has 1 fully saturated rings. The van der Waals surface area contributed by atoms with Gasteiger partial charge in [-0.1, -0.05) is 24.6 Å². The first-order valence-electron chi connectivity index (χ1n) is 10.1. The summed E-state index contributed by atoms with van der Waals surface area (Å²) in [6.45, 7) is 6.97. The Balaban J connectivity index is 1.93. The fourth-order valence-corrected chi connectivity index (χ4v) is 5.25. The Morgan fingerprint density at radius 2 is 1.82 bits per heavy atom. The molecule has 1 spiro atoms. The lowest BCUT2D eigenvalue weighted by molar-refractivity contribution is 0.0730. The van der Waals surface area contributed by atoms with E-state index in [1.54, 1.807) is 0 Å². The van der Waals surface area contributed by atoms with Crippen LogP contribution in [-0.4, -0.2) is 32.1 Å². The number of aryl methyl sites for hydroxylation is 1. The highest BCUT2D eigenvalue weighted by Gasteiger charge is 2.57. The van der Waals surface area contributed by atoms with Crippen LogP contribution in [0.15, 0.2) is 36.4 Å². The molecule has 1 amide bonds. The molecule has 2 aromatic rings. The largest absolute Gasteiger partial charge is 0.356 e. The second-order valence-corrected chi connectivity index (χ2v) is 8.30. The lowest BCUT2D eigenvalue weighted by Gasteiger charge is -2.37. The van der Waals surface area contributed by atoms with Crippen LogP contribution in [0.3, 0.4) is 0 Å². The molecule has 1 atom stereocenters. The third-order valence-corrected chi connectivity index (χ3v) is 6.49. The number of carbonyl (C=O) groups is 1. The number of hydrogen-bond acceptors (Lipinski definition) is 2. The molecule has 148 valence electrons. The van der Waals surface area contributed by atoms with E-state index in [9.17, 15) is 13.6 Å². The van der Waals surface area contributed by atoms with Crippen molar-refractivity contribution in [3.05, 3.63) is 64.7 Å². The second kappa shape index (κ2) is 7.05. The van der Waals surface area contributed by atoms with Crippen LogP contribution in [0.2, 0.25) is 0 Å². The number of nitrogens with one attached hydrogen (secondary N) is 1. The van der Waals surface area contributed by atoms with E-state index < -0.39 is 23.1 Å². The Morgan fingerprint density at radius 1 is 1.14 bits per heavy atom. The fraction of sp³-hybridized carbons (Fsp3) is 0.435. The SMILES string of the molecule is CCC[N+]1(C(=O)c2c(F)cccc2F)CC2(CCNCC2)c2cc(C)ccc21. The molecule has 2 aromatic carbocycles. The number of fused-ring (bicyclic) bond motifs is 2. The summed E-state index contributed by atoms with van der Waals surface area (Å²) in [5.41, 5.74) is 2.72. The summed E-state index contributed by atoms with van der Waals surface area (Å²) < 4.78 is 29.1. The van der Waals surface area contributed by atoms with Gasteiger partial charge in [-0.3, -0.25) is 0 Å². The highest BCUT2D eigenvalue weighted by molar-refractivity contribution is 6.04. The quantitative estimate of drug-likeness (QED) is 0.790. The predicted octanol–water partition coefficient (Wildman–Crippen LogP) is 4.47. The van der Waals surface area contributed by atoms with Gasteiger partial charge in [0.1, 0.15) is 23.9 Å². The molecule has 1 unspecified atom stereocenters. The molecule has 28 heavy (non-hydrogen) atoms. The first-order valence-corrected chi connectivity index (χ1v) is 10.1. The molecular formula is C23H27F2N2O+. The van der Waals surface area contributed by atoms with Gasteiger partial charge in [-0.15, -0.1) is 0 Å². The highest BCUT2D eigenvalue weighted by Crippen LogP contribution is 2.51. The third kappa shape index (κ3) is 2.80. The Morgan fingerprint density at radius 3 is 2.46 bits per heavy atom. The maximum absolute atomic E-state index is 14.6. The maximum atomic E-state index is 14.6. The second-order valence-electron chi connectivity index (χ2n) is 8.30. The molecule has 0 bridgehead atoms. The van der Waals surface area contributed by atoms with Gasteiger partial charge in [-0.25, -0.2) is 18.1 Å². The molecule has 0 saturated carbocycles. The summed E-state index contributed by atoms with van der Waals surface area (Å²) in [5.74, 6) is -2.02. The number of carbonyl (C=O) groups excluding carboxylic acids is 1. The highest BCUT2D eigenvalue weighted by atomic mass is 19.1. The first kappa shape index (κ1) is 19.2. The molecule has 0 aliphatic carbocycles. The Hall–Kier alpha value is -2.11. The summed E-state index contributed by atoms with van der Waals surface area (Å²) in [4.78, 5) is 13.8. The Kier molecular flexibility index (Phi) is 4.84. The van der Waals surface area contributed by atoms with E-state index in [0.29, 0.717) is 13.1 Å². The molecule has 3 nitrogen and oxygen atoms in total. The zero-order valence-electron chi connectivity index (χ0n) is 16.5. The van der Waals surface area contributed by atoms with Crippen molar-refractivity contribution in [1.29, 1.82) is 0 Å². The molecule has 0 aromatic heterocycles. The Bertz CT molecular complexity index is 901. The predicted molar refractivity (Wildman–Crippen MR) is 107 cm³/mol. The van der Waals surface area contributed by atoms with Gasteiger partial charge in [-0.05, 0) is 57.5 Å². The van der Waals surface area contributed by atoms with Gasteiger partial charge in [0.05, 0.1) is 12.0 Å². The van der Waals surface area contributed by atoms with Gasteiger partial charge in [0.15, 0.2) is 5.56 Å². The average molecular weight is 385 g/mol. The van der Waals surface area contributed by atoms with Crippen LogP contribution in [0.5, 0.6) is 0 Å². The number of piperidine rings is 1. The van der Waals surface area contributed by atoms with Gasteiger partial charge in [0, 0.05) is 11.6 Å². The summed E-state index contributed by atoms with van der Waals surface area (Å²) in [6.07, 6.45) is 2.61. The van der Waals surface area contributed by atoms with Crippen LogP contribution in [0.25, 0.3) is 0 Å². The van der Waals surface area contributed by atoms with E-state index in [-0.39, 0.29) is 9.90 Å². The minimum Gasteiger partial charge on any atom is -0.317 e. The minimum atomic E-state index is -0.779. The van der Waals surface area contributed by atoms with Gasteiger partial charge in [0.25, 0.3) is 0 Å². The maximum Gasteiger partial charge on any atom is 0.356 e. The van der Waals surface area contributed by atoms with Crippen LogP contribution in [0.1, 0.15) is 47.7 Å². The fourth-order valence-electron chi connectivity index (χ4n) is 5.25. The van der Waals surface area contributed by atoms with E-state index >= 15 is 0 Å². The standard InChI is InChI=1S/C23H27F2N2O/c1-3-13-27(22(28)21-18(24)5-4-6-19(21)25)15-23(9-11-26-12-10-23)17-14-16(2)7-8-20(17)27/h4-8,14,26H,3,9-13,15H2,1-2H3/q+1. The average Bonchev–Trinajstić information content (AvgIpc) is 2.92. The number of rotatable bonds is 3. The Labute approximate surface area is 165 Å². The molecule has 4 rings (SSSR count). The molecule has 2 aliphatic heterocycles. The van der Waals surface area contributed by atoms with Crippen molar-refractivity contribution in [3.63, 3.8) is 0 Å². The molecule has 2 heterocycles. The lowest BCUT2D eigenvalue weighted by Crippen LogP contribution is -2.57. The number of benzene rings is 2. The van der Waals surface area contributed by atoms with Crippen molar-refractivity contribution >= 4 is 11.6 Å². The summed E-state index contributed by atoms with van der Waals surface area (Å²) in [7, 11) is 0. The number of nitrogens with zero attached hydrogens (tertiary/aromatic N) is 1. The third-order valence-electron chi connectivity index (χ3n) is 6.49. The van der Waals surface area contributed by atoms with Crippen molar-refractivity contribution in [2.45, 2.75) is 38.5 Å². The van der Waals surface area contributed by atoms with E-state index in [2.05, 4.69) is 18.3 Å². The molecule has 2 aliphatic rings. The van der Waals surface area contributed by atoms with Crippen LogP contribution in [0.4, 0.5) is 14.5 Å². The van der Waals surface area contributed by atoms with Gasteiger partial charge < -0.3 is 5.32 Å². The van der Waals surface area contributed by atoms with Gasteiger partial charge in [-0.2, -0.15) is 0 Å². The number of halogens is 2. The molecule has 5 heteroatoms. The number of amides is 1. The van der Waals surface area contributed by atoms with E-state index in [1.165, 1.54) is 23.8 Å². The summed E-state index contributed by atoms with van der Waals surface area (Å²) >= 11 is 0. The van der Waals surface area contributed by atoms with E-state index in [1.807, 2.05) is 19.1 Å². The zero-order valence-corrected chi connectivity index (χ0v) is 16.5. The lowest BCUT2D eigenvalue weighted by atomic mass is 9.74. The number of quaternary nitrogens is 1. The minimum absolute atomic E-state index is 0.00394. The molecule has 1 saturated heterocycles. The zero-order chi connectivity index (χ0) is 19.9. The van der Waals surface area contributed by atoms with Crippen molar-refractivity contribution < 1.29 is 13.6 Å². The van der Waals surface area contributed by atoms with Crippen molar-refractivity contribution in [2.75, 3.05) is 26.2 Å². The van der Waals surface area contributed by atoms with Crippen LogP contribution in [0, 0.1) is 18.6 Å². The summed E-state index contributed by atoms with van der Waals surface area (Å²) in [5, 5.41) is 3.41. The van der Waals surface area contributed by atoms with Gasteiger partial charge in [0.2, 0.25) is 0 Å². The van der Waals surface area contributed by atoms with Crippen molar-refractivity contribution in [1.82, 2.24) is 9.80 Å². The van der Waals surface area contributed by atoms with E-state index in [4.69, 9.17) is 0 Å². The summed E-state index contributed by atoms with van der Waals surface area (Å²) in [6, 6.07) is 9.85. The smallest absolute Gasteiger partial charge is 0.317 e. The van der Waals surface area contributed by atoms with E-state index in [0.717, 1.165) is 43.6 Å². The van der Waals surface area contributed by atoms with Crippen LogP contribution >= 0.6 is 0 Å². The molecule has 0 radical (unpaired) electrons. The van der Waals surface area contributed by atoms with Crippen LogP contribution < -0.4 is 9.80 Å².